The number of aromatic nitrogens is 1. The van der Waals surface area contributed by atoms with Crippen LogP contribution in [0.1, 0.15) is 88.1 Å². The Balaban J connectivity index is 2.24. The smallest absolute Gasteiger partial charge is 0.101 e. The second-order valence-corrected chi connectivity index (χ2v) is 7.41. The third kappa shape index (κ3) is 4.28. The molecule has 1 aromatic rings. The number of nitriles is 1. The summed E-state index contributed by atoms with van der Waals surface area (Å²) in [6, 6.07) is 3.98. The highest BCUT2D eigenvalue weighted by Gasteiger charge is 2.25. The maximum atomic E-state index is 10.6. The summed E-state index contributed by atoms with van der Waals surface area (Å²) in [5, 5.41) is 19.7. The Morgan fingerprint density at radius 1 is 1.38 bits per heavy atom. The first kappa shape index (κ1) is 16.0. The summed E-state index contributed by atoms with van der Waals surface area (Å²) in [6.45, 7) is 6.55. The normalized spacial score (nSPS) is 17.7. The minimum absolute atomic E-state index is 0.203. The lowest BCUT2D eigenvalue weighted by Crippen LogP contribution is -2.12. The first-order chi connectivity index (χ1) is 9.90. The quantitative estimate of drug-likeness (QED) is 0.888. The fraction of sp³-hybridized carbons (Fsp3) is 0.667. The lowest BCUT2D eigenvalue weighted by Gasteiger charge is -2.23. The van der Waals surface area contributed by atoms with Gasteiger partial charge in [0.1, 0.15) is 6.07 Å². The SMILES string of the molecule is CC(C)(C)CC[C@H](O)c1cc(C#N)cnc1C1CCCC1. The van der Waals surface area contributed by atoms with Gasteiger partial charge in [-0.1, -0.05) is 33.6 Å². The average Bonchev–Trinajstić information content (AvgIpc) is 2.97. The molecule has 1 fully saturated rings. The molecule has 0 saturated heterocycles. The van der Waals surface area contributed by atoms with Crippen LogP contribution in [0.2, 0.25) is 0 Å². The molecule has 1 saturated carbocycles. The topological polar surface area (TPSA) is 56.9 Å². The van der Waals surface area contributed by atoms with E-state index < -0.39 is 6.10 Å². The van der Waals surface area contributed by atoms with Gasteiger partial charge in [-0.3, -0.25) is 4.98 Å². The van der Waals surface area contributed by atoms with Crippen molar-refractivity contribution in [3.63, 3.8) is 0 Å². The molecular formula is C18H26N2O. The monoisotopic (exact) mass is 286 g/mol. The number of rotatable bonds is 4. The van der Waals surface area contributed by atoms with Gasteiger partial charge in [-0.05, 0) is 37.2 Å². The Bertz CT molecular complexity index is 519. The minimum Gasteiger partial charge on any atom is -0.388 e. The number of aliphatic hydroxyl groups excluding tert-OH is 1. The van der Waals surface area contributed by atoms with E-state index in [4.69, 9.17) is 5.26 Å². The van der Waals surface area contributed by atoms with Crippen molar-refractivity contribution in [1.82, 2.24) is 4.98 Å². The van der Waals surface area contributed by atoms with Crippen molar-refractivity contribution in [3.8, 4) is 6.07 Å². The van der Waals surface area contributed by atoms with Crippen LogP contribution in [0.5, 0.6) is 0 Å². The van der Waals surface area contributed by atoms with Gasteiger partial charge in [-0.25, -0.2) is 0 Å². The molecule has 0 radical (unpaired) electrons. The molecule has 3 nitrogen and oxygen atoms in total. The summed E-state index contributed by atoms with van der Waals surface area (Å²) in [4.78, 5) is 4.51. The third-order valence-corrected chi connectivity index (χ3v) is 4.35. The van der Waals surface area contributed by atoms with Crippen LogP contribution >= 0.6 is 0 Å². The van der Waals surface area contributed by atoms with Gasteiger partial charge in [-0.15, -0.1) is 0 Å². The number of pyridine rings is 1. The van der Waals surface area contributed by atoms with Crippen LogP contribution in [0.3, 0.4) is 0 Å². The lowest BCUT2D eigenvalue weighted by molar-refractivity contribution is 0.145. The number of aliphatic hydroxyl groups is 1. The second kappa shape index (κ2) is 6.58. The molecule has 1 N–H and O–H groups in total. The maximum Gasteiger partial charge on any atom is 0.101 e. The van der Waals surface area contributed by atoms with E-state index in [0.717, 1.165) is 36.9 Å². The largest absolute Gasteiger partial charge is 0.388 e. The lowest BCUT2D eigenvalue weighted by atomic mass is 9.86. The number of hydrogen-bond acceptors (Lipinski definition) is 3. The first-order valence-corrected chi connectivity index (χ1v) is 7.99. The highest BCUT2D eigenvalue weighted by molar-refractivity contribution is 5.36. The summed E-state index contributed by atoms with van der Waals surface area (Å²) >= 11 is 0. The second-order valence-electron chi connectivity index (χ2n) is 7.41. The van der Waals surface area contributed by atoms with E-state index in [0.29, 0.717) is 11.5 Å². The summed E-state index contributed by atoms with van der Waals surface area (Å²) in [5.41, 5.74) is 2.65. The maximum absolute atomic E-state index is 10.6. The van der Waals surface area contributed by atoms with Crippen LogP contribution < -0.4 is 0 Å². The molecule has 0 unspecified atom stereocenters. The Labute approximate surface area is 128 Å². The van der Waals surface area contributed by atoms with Crippen LogP contribution in [-0.4, -0.2) is 10.1 Å². The zero-order valence-electron chi connectivity index (χ0n) is 13.4. The van der Waals surface area contributed by atoms with Crippen molar-refractivity contribution in [2.24, 2.45) is 5.41 Å². The highest BCUT2D eigenvalue weighted by Crippen LogP contribution is 2.38. The summed E-state index contributed by atoms with van der Waals surface area (Å²) in [6.07, 6.45) is 7.59. The van der Waals surface area contributed by atoms with Crippen LogP contribution in [0.25, 0.3) is 0 Å². The van der Waals surface area contributed by atoms with Gasteiger partial charge < -0.3 is 5.11 Å². The molecule has 1 aromatic heterocycles. The van der Waals surface area contributed by atoms with E-state index >= 15 is 0 Å². The molecule has 1 aliphatic rings. The van der Waals surface area contributed by atoms with Gasteiger partial charge in [0, 0.05) is 23.4 Å². The van der Waals surface area contributed by atoms with Crippen molar-refractivity contribution >= 4 is 0 Å². The molecule has 21 heavy (non-hydrogen) atoms. The van der Waals surface area contributed by atoms with E-state index in [1.807, 2.05) is 6.07 Å². The predicted molar refractivity (Wildman–Crippen MR) is 83.8 cm³/mol. The molecule has 114 valence electrons. The Morgan fingerprint density at radius 2 is 2.05 bits per heavy atom. The van der Waals surface area contributed by atoms with Crippen molar-refractivity contribution in [1.29, 1.82) is 5.26 Å². The molecule has 3 heteroatoms. The Morgan fingerprint density at radius 3 is 2.62 bits per heavy atom. The standard InChI is InChI=1S/C18H26N2O/c1-18(2,3)9-8-16(21)15-10-13(11-19)12-20-17(15)14-6-4-5-7-14/h10,12,14,16,21H,4-9H2,1-3H3/t16-/m0/s1. The fourth-order valence-electron chi connectivity index (χ4n) is 3.09. The van der Waals surface area contributed by atoms with Crippen LogP contribution in [0, 0.1) is 16.7 Å². The summed E-state index contributed by atoms with van der Waals surface area (Å²) < 4.78 is 0. The minimum atomic E-state index is -0.513. The molecule has 0 bridgehead atoms. The summed E-state index contributed by atoms with van der Waals surface area (Å²) in [5.74, 6) is 0.456. The predicted octanol–water partition coefficient (Wildman–Crippen LogP) is 4.47. The van der Waals surface area contributed by atoms with Gasteiger partial charge in [0.2, 0.25) is 0 Å². The Kier molecular flexibility index (Phi) is 5.00. The molecular weight excluding hydrogens is 260 g/mol. The van der Waals surface area contributed by atoms with Crippen molar-refractivity contribution in [2.45, 2.75) is 71.3 Å². The van der Waals surface area contributed by atoms with E-state index in [9.17, 15) is 5.11 Å². The highest BCUT2D eigenvalue weighted by atomic mass is 16.3. The van der Waals surface area contributed by atoms with Gasteiger partial charge in [0.15, 0.2) is 0 Å². The fourth-order valence-corrected chi connectivity index (χ4v) is 3.09. The molecule has 1 heterocycles. The number of hydrogen-bond donors (Lipinski definition) is 1. The van der Waals surface area contributed by atoms with Crippen LogP contribution in [0.15, 0.2) is 12.3 Å². The Hall–Kier alpha value is -1.40. The molecule has 2 rings (SSSR count). The van der Waals surface area contributed by atoms with E-state index in [-0.39, 0.29) is 5.41 Å². The van der Waals surface area contributed by atoms with Crippen molar-refractivity contribution in [3.05, 3.63) is 29.1 Å². The van der Waals surface area contributed by atoms with Crippen molar-refractivity contribution < 1.29 is 5.11 Å². The van der Waals surface area contributed by atoms with Crippen molar-refractivity contribution in [2.75, 3.05) is 0 Å². The first-order valence-electron chi connectivity index (χ1n) is 7.99. The number of nitrogens with zero attached hydrogens (tertiary/aromatic N) is 2. The van der Waals surface area contributed by atoms with E-state index in [1.165, 1.54) is 12.8 Å². The van der Waals surface area contributed by atoms with Crippen LogP contribution in [-0.2, 0) is 0 Å². The summed E-state index contributed by atoms with van der Waals surface area (Å²) in [7, 11) is 0. The molecule has 0 aliphatic heterocycles. The molecule has 0 aromatic carbocycles. The average molecular weight is 286 g/mol. The molecule has 1 atom stereocenters. The zero-order valence-corrected chi connectivity index (χ0v) is 13.4. The van der Waals surface area contributed by atoms with E-state index in [1.54, 1.807) is 6.20 Å². The molecule has 1 aliphatic carbocycles. The molecule has 0 amide bonds. The van der Waals surface area contributed by atoms with Crippen LogP contribution in [0.4, 0.5) is 0 Å². The van der Waals surface area contributed by atoms with Gasteiger partial charge in [0.05, 0.1) is 11.7 Å². The zero-order chi connectivity index (χ0) is 15.5. The third-order valence-electron chi connectivity index (χ3n) is 4.35. The molecule has 0 spiro atoms. The van der Waals surface area contributed by atoms with Gasteiger partial charge >= 0.3 is 0 Å². The van der Waals surface area contributed by atoms with E-state index in [2.05, 4.69) is 31.8 Å². The van der Waals surface area contributed by atoms with Gasteiger partial charge in [-0.2, -0.15) is 5.26 Å². The van der Waals surface area contributed by atoms with Gasteiger partial charge in [0.25, 0.3) is 0 Å².